The number of hydrogen-bond acceptors (Lipinski definition) is 4. The molecule has 2 aromatic rings. The van der Waals surface area contributed by atoms with Gasteiger partial charge in [-0.2, -0.15) is 0 Å². The van der Waals surface area contributed by atoms with Crippen molar-refractivity contribution in [2.45, 2.75) is 6.54 Å². The van der Waals surface area contributed by atoms with Crippen molar-refractivity contribution in [3.8, 4) is 11.3 Å². The van der Waals surface area contributed by atoms with Crippen LogP contribution in [-0.2, 0) is 11.3 Å². The van der Waals surface area contributed by atoms with E-state index < -0.39 is 5.97 Å². The van der Waals surface area contributed by atoms with Gasteiger partial charge >= 0.3 is 5.97 Å². The van der Waals surface area contributed by atoms with Crippen LogP contribution in [0.2, 0.25) is 5.02 Å². The lowest BCUT2D eigenvalue weighted by Gasteiger charge is -1.97. The summed E-state index contributed by atoms with van der Waals surface area (Å²) < 4.78 is 5.48. The minimum absolute atomic E-state index is 0.126. The molecule has 1 heterocycles. The lowest BCUT2D eigenvalue weighted by molar-refractivity contribution is -0.136. The van der Waals surface area contributed by atoms with E-state index in [0.717, 1.165) is 5.56 Å². The molecule has 18 heavy (non-hydrogen) atoms. The fourth-order valence-corrected chi connectivity index (χ4v) is 1.54. The Balaban J connectivity index is 2.01. The van der Waals surface area contributed by atoms with E-state index in [9.17, 15) is 4.79 Å². The number of hydrogen-bond donors (Lipinski definition) is 2. The number of carboxylic acid groups (broad SMARTS) is 1. The zero-order valence-electron chi connectivity index (χ0n) is 9.39. The molecule has 0 saturated carbocycles. The highest BCUT2D eigenvalue weighted by Crippen LogP contribution is 2.22. The smallest absolute Gasteiger partial charge is 0.317 e. The summed E-state index contributed by atoms with van der Waals surface area (Å²) in [7, 11) is 0. The van der Waals surface area contributed by atoms with Crippen LogP contribution in [0, 0.1) is 0 Å². The number of nitrogens with one attached hydrogen (secondary N) is 1. The molecule has 94 valence electrons. The van der Waals surface area contributed by atoms with Crippen LogP contribution in [0.5, 0.6) is 0 Å². The summed E-state index contributed by atoms with van der Waals surface area (Å²) in [5, 5.41) is 11.8. The predicted octanol–water partition coefficient (Wildman–Crippen LogP) is 2.17. The number of aliphatic carboxylic acids is 1. The van der Waals surface area contributed by atoms with Crippen molar-refractivity contribution in [1.82, 2.24) is 10.3 Å². The first-order valence-corrected chi connectivity index (χ1v) is 5.66. The standard InChI is InChI=1S/C12H11ClN2O3/c13-9-3-1-8(2-4-9)10-5-15-11(18-10)6-14-7-12(16)17/h1-5,14H,6-7H2,(H,16,17). The molecule has 0 fully saturated rings. The molecular weight excluding hydrogens is 256 g/mol. The van der Waals surface area contributed by atoms with Gasteiger partial charge in [-0.1, -0.05) is 11.6 Å². The van der Waals surface area contributed by atoms with Crippen molar-refractivity contribution in [3.63, 3.8) is 0 Å². The number of carboxylic acids is 1. The van der Waals surface area contributed by atoms with Crippen LogP contribution in [0.25, 0.3) is 11.3 Å². The van der Waals surface area contributed by atoms with Crippen LogP contribution < -0.4 is 5.32 Å². The van der Waals surface area contributed by atoms with Crippen molar-refractivity contribution >= 4 is 17.6 Å². The average molecular weight is 267 g/mol. The molecule has 1 aromatic heterocycles. The van der Waals surface area contributed by atoms with Crippen molar-refractivity contribution in [2.24, 2.45) is 0 Å². The summed E-state index contributed by atoms with van der Waals surface area (Å²) in [4.78, 5) is 14.4. The van der Waals surface area contributed by atoms with E-state index in [-0.39, 0.29) is 13.1 Å². The second-order valence-electron chi connectivity index (χ2n) is 3.62. The van der Waals surface area contributed by atoms with Gasteiger partial charge < -0.3 is 9.52 Å². The zero-order chi connectivity index (χ0) is 13.0. The number of nitrogens with zero attached hydrogens (tertiary/aromatic N) is 1. The lowest BCUT2D eigenvalue weighted by atomic mass is 10.2. The normalized spacial score (nSPS) is 10.5. The SMILES string of the molecule is O=C(O)CNCc1ncc(-c2ccc(Cl)cc2)o1. The van der Waals surface area contributed by atoms with Crippen molar-refractivity contribution < 1.29 is 14.3 Å². The van der Waals surface area contributed by atoms with E-state index in [1.165, 1.54) is 0 Å². The summed E-state index contributed by atoms with van der Waals surface area (Å²) in [6.45, 7) is 0.151. The Morgan fingerprint density at radius 1 is 1.39 bits per heavy atom. The molecule has 0 atom stereocenters. The molecule has 0 unspecified atom stereocenters. The molecule has 2 rings (SSSR count). The molecular formula is C12H11ClN2O3. The molecule has 0 radical (unpaired) electrons. The monoisotopic (exact) mass is 266 g/mol. The molecule has 0 aliphatic carbocycles. The third kappa shape index (κ3) is 3.32. The van der Waals surface area contributed by atoms with Gasteiger partial charge in [0.1, 0.15) is 0 Å². The van der Waals surface area contributed by atoms with Gasteiger partial charge in [-0.3, -0.25) is 10.1 Å². The highest BCUT2D eigenvalue weighted by atomic mass is 35.5. The maximum Gasteiger partial charge on any atom is 0.317 e. The summed E-state index contributed by atoms with van der Waals surface area (Å²) in [5.41, 5.74) is 0.872. The van der Waals surface area contributed by atoms with Crippen LogP contribution in [-0.4, -0.2) is 22.6 Å². The first-order chi connectivity index (χ1) is 8.65. The van der Waals surface area contributed by atoms with Crippen molar-refractivity contribution in [2.75, 3.05) is 6.54 Å². The fraction of sp³-hybridized carbons (Fsp3) is 0.167. The van der Waals surface area contributed by atoms with Gasteiger partial charge in [-0.25, -0.2) is 4.98 Å². The molecule has 0 spiro atoms. The number of halogens is 1. The summed E-state index contributed by atoms with van der Waals surface area (Å²) in [6.07, 6.45) is 1.60. The van der Waals surface area contributed by atoms with E-state index in [1.807, 2.05) is 12.1 Å². The van der Waals surface area contributed by atoms with Gasteiger partial charge in [0, 0.05) is 10.6 Å². The molecule has 0 aliphatic rings. The Hall–Kier alpha value is -1.85. The van der Waals surface area contributed by atoms with Crippen LogP contribution in [0.1, 0.15) is 5.89 Å². The van der Waals surface area contributed by atoms with Crippen LogP contribution in [0.4, 0.5) is 0 Å². The molecule has 0 bridgehead atoms. The van der Waals surface area contributed by atoms with Crippen molar-refractivity contribution in [3.05, 3.63) is 41.4 Å². The molecule has 6 heteroatoms. The molecule has 5 nitrogen and oxygen atoms in total. The average Bonchev–Trinajstić information content (AvgIpc) is 2.78. The number of rotatable bonds is 5. The zero-order valence-corrected chi connectivity index (χ0v) is 10.1. The summed E-state index contributed by atoms with van der Waals surface area (Å²) >= 11 is 5.79. The summed E-state index contributed by atoms with van der Waals surface area (Å²) in [6, 6.07) is 7.19. The Labute approximate surface area is 108 Å². The topological polar surface area (TPSA) is 75.4 Å². The maximum atomic E-state index is 10.3. The van der Waals surface area contributed by atoms with E-state index in [0.29, 0.717) is 16.7 Å². The van der Waals surface area contributed by atoms with E-state index in [4.69, 9.17) is 21.1 Å². The second kappa shape index (κ2) is 5.66. The Kier molecular flexibility index (Phi) is 3.96. The lowest BCUT2D eigenvalue weighted by Crippen LogP contribution is -2.21. The first kappa shape index (κ1) is 12.6. The van der Waals surface area contributed by atoms with Gasteiger partial charge in [-0.05, 0) is 24.3 Å². The molecule has 0 amide bonds. The number of carbonyl (C=O) groups is 1. The number of benzene rings is 1. The largest absolute Gasteiger partial charge is 0.480 e. The predicted molar refractivity (Wildman–Crippen MR) is 66.3 cm³/mol. The molecule has 0 saturated heterocycles. The Morgan fingerprint density at radius 2 is 2.11 bits per heavy atom. The quantitative estimate of drug-likeness (QED) is 0.867. The minimum Gasteiger partial charge on any atom is -0.480 e. The first-order valence-electron chi connectivity index (χ1n) is 5.28. The second-order valence-corrected chi connectivity index (χ2v) is 4.06. The fourth-order valence-electron chi connectivity index (χ4n) is 1.42. The van der Waals surface area contributed by atoms with E-state index in [2.05, 4.69) is 10.3 Å². The molecule has 1 aromatic carbocycles. The Morgan fingerprint density at radius 3 is 2.78 bits per heavy atom. The Bertz CT molecular complexity index is 537. The van der Waals surface area contributed by atoms with E-state index >= 15 is 0 Å². The van der Waals surface area contributed by atoms with Gasteiger partial charge in [0.25, 0.3) is 0 Å². The molecule has 2 N–H and O–H groups in total. The highest BCUT2D eigenvalue weighted by Gasteiger charge is 2.06. The van der Waals surface area contributed by atoms with Crippen molar-refractivity contribution in [1.29, 1.82) is 0 Å². The highest BCUT2D eigenvalue weighted by molar-refractivity contribution is 6.30. The minimum atomic E-state index is -0.917. The number of aromatic nitrogens is 1. The third-order valence-corrected chi connectivity index (χ3v) is 2.49. The summed E-state index contributed by atoms with van der Waals surface area (Å²) in [5.74, 6) is 0.152. The van der Waals surface area contributed by atoms with Crippen LogP contribution >= 0.6 is 11.6 Å². The van der Waals surface area contributed by atoms with Gasteiger partial charge in [0.15, 0.2) is 5.76 Å². The van der Waals surface area contributed by atoms with Crippen LogP contribution in [0.3, 0.4) is 0 Å². The van der Waals surface area contributed by atoms with Gasteiger partial charge in [0.2, 0.25) is 5.89 Å². The van der Waals surface area contributed by atoms with Gasteiger partial charge in [-0.15, -0.1) is 0 Å². The van der Waals surface area contributed by atoms with Gasteiger partial charge in [0.05, 0.1) is 19.3 Å². The maximum absolute atomic E-state index is 10.3. The van der Waals surface area contributed by atoms with E-state index in [1.54, 1.807) is 18.3 Å². The van der Waals surface area contributed by atoms with Crippen LogP contribution in [0.15, 0.2) is 34.9 Å². The third-order valence-electron chi connectivity index (χ3n) is 2.23. The molecule has 0 aliphatic heterocycles. The number of oxazole rings is 1.